The van der Waals surface area contributed by atoms with Crippen molar-refractivity contribution in [1.82, 2.24) is 0 Å². The van der Waals surface area contributed by atoms with Gasteiger partial charge in [-0.1, -0.05) is 30.3 Å². The van der Waals surface area contributed by atoms with Crippen LogP contribution in [0.4, 0.5) is 0 Å². The number of aryl methyl sites for hydroxylation is 1. The number of hydrogen-bond acceptors (Lipinski definition) is 1. The van der Waals surface area contributed by atoms with Crippen molar-refractivity contribution < 1.29 is 4.79 Å². The van der Waals surface area contributed by atoms with Gasteiger partial charge in [-0.2, -0.15) is 0 Å². The van der Waals surface area contributed by atoms with E-state index in [0.29, 0.717) is 0 Å². The zero-order valence-corrected chi connectivity index (χ0v) is 9.20. The highest BCUT2D eigenvalue weighted by Crippen LogP contribution is 2.30. The van der Waals surface area contributed by atoms with E-state index in [1.807, 2.05) is 18.2 Å². The molecule has 80 valence electrons. The van der Waals surface area contributed by atoms with Crippen molar-refractivity contribution in [2.75, 3.05) is 0 Å². The SMILES string of the molecule is O=Cc1c2c(cc3ccccc13)CCCC2. The Morgan fingerprint density at radius 1 is 1.06 bits per heavy atom. The van der Waals surface area contributed by atoms with Gasteiger partial charge in [-0.3, -0.25) is 4.79 Å². The van der Waals surface area contributed by atoms with Gasteiger partial charge in [0.05, 0.1) is 0 Å². The molecule has 0 saturated heterocycles. The van der Waals surface area contributed by atoms with Crippen LogP contribution in [0.15, 0.2) is 30.3 Å². The molecule has 0 heterocycles. The zero-order chi connectivity index (χ0) is 11.0. The lowest BCUT2D eigenvalue weighted by Crippen LogP contribution is -2.06. The molecule has 0 aromatic heterocycles. The molecule has 2 aromatic rings. The van der Waals surface area contributed by atoms with Gasteiger partial charge in [0.15, 0.2) is 6.29 Å². The molecule has 1 heteroatoms. The van der Waals surface area contributed by atoms with E-state index in [9.17, 15) is 4.79 Å². The molecule has 0 radical (unpaired) electrons. The summed E-state index contributed by atoms with van der Waals surface area (Å²) in [5, 5.41) is 2.31. The molecule has 3 rings (SSSR count). The lowest BCUT2D eigenvalue weighted by atomic mass is 9.85. The van der Waals surface area contributed by atoms with Crippen LogP contribution in [0.3, 0.4) is 0 Å². The van der Waals surface area contributed by atoms with Crippen LogP contribution in [0.1, 0.15) is 34.3 Å². The Hall–Kier alpha value is -1.63. The van der Waals surface area contributed by atoms with Gasteiger partial charge in [-0.15, -0.1) is 0 Å². The van der Waals surface area contributed by atoms with Crippen LogP contribution in [0, 0.1) is 0 Å². The fourth-order valence-electron chi connectivity index (χ4n) is 2.75. The molecule has 0 N–H and O–H groups in total. The van der Waals surface area contributed by atoms with E-state index in [-0.39, 0.29) is 0 Å². The predicted molar refractivity (Wildman–Crippen MR) is 66.0 cm³/mol. The lowest BCUT2D eigenvalue weighted by molar-refractivity contribution is 0.112. The maximum atomic E-state index is 11.3. The van der Waals surface area contributed by atoms with Crippen molar-refractivity contribution in [3.05, 3.63) is 47.0 Å². The van der Waals surface area contributed by atoms with Crippen molar-refractivity contribution in [2.24, 2.45) is 0 Å². The fourth-order valence-corrected chi connectivity index (χ4v) is 2.75. The van der Waals surface area contributed by atoms with Crippen LogP contribution >= 0.6 is 0 Å². The standard InChI is InChI=1S/C15H14O/c16-10-15-13-7-3-1-5-11(13)9-12-6-2-4-8-14(12)15/h1,3,5,7,9-10H,2,4,6,8H2. The first kappa shape index (κ1) is 9.59. The van der Waals surface area contributed by atoms with Crippen molar-refractivity contribution >= 4 is 17.1 Å². The molecule has 0 aliphatic heterocycles. The summed E-state index contributed by atoms with van der Waals surface area (Å²) in [5.74, 6) is 0. The average molecular weight is 210 g/mol. The van der Waals surface area contributed by atoms with E-state index >= 15 is 0 Å². The number of benzene rings is 2. The van der Waals surface area contributed by atoms with E-state index in [0.717, 1.165) is 30.1 Å². The Labute approximate surface area is 95.1 Å². The van der Waals surface area contributed by atoms with E-state index < -0.39 is 0 Å². The van der Waals surface area contributed by atoms with Crippen molar-refractivity contribution in [3.63, 3.8) is 0 Å². The molecule has 16 heavy (non-hydrogen) atoms. The third kappa shape index (κ3) is 1.35. The maximum absolute atomic E-state index is 11.3. The molecule has 1 aliphatic carbocycles. The molecule has 0 atom stereocenters. The summed E-state index contributed by atoms with van der Waals surface area (Å²) in [6.07, 6.45) is 5.69. The second kappa shape index (κ2) is 3.75. The molecule has 1 aliphatic rings. The van der Waals surface area contributed by atoms with E-state index in [1.54, 1.807) is 0 Å². The van der Waals surface area contributed by atoms with E-state index in [2.05, 4.69) is 12.1 Å². The first-order chi connectivity index (χ1) is 7.90. The summed E-state index contributed by atoms with van der Waals surface area (Å²) in [4.78, 5) is 11.3. The molecule has 1 nitrogen and oxygen atoms in total. The first-order valence-electron chi connectivity index (χ1n) is 5.89. The minimum atomic E-state index is 0.924. The van der Waals surface area contributed by atoms with Crippen molar-refractivity contribution in [1.29, 1.82) is 0 Å². The summed E-state index contributed by atoms with van der Waals surface area (Å²) < 4.78 is 0. The number of carbonyl (C=O) groups excluding carboxylic acids is 1. The maximum Gasteiger partial charge on any atom is 0.150 e. The normalized spacial score (nSPS) is 14.8. The molecular weight excluding hydrogens is 196 g/mol. The molecule has 0 spiro atoms. The van der Waals surface area contributed by atoms with Gasteiger partial charge in [-0.25, -0.2) is 0 Å². The van der Waals surface area contributed by atoms with Gasteiger partial charge in [-0.05, 0) is 47.6 Å². The molecule has 0 saturated carbocycles. The number of hydrogen-bond donors (Lipinski definition) is 0. The van der Waals surface area contributed by atoms with Crippen LogP contribution in [-0.4, -0.2) is 6.29 Å². The van der Waals surface area contributed by atoms with E-state index in [1.165, 1.54) is 29.4 Å². The summed E-state index contributed by atoms with van der Waals surface area (Å²) in [7, 11) is 0. The van der Waals surface area contributed by atoms with Gasteiger partial charge in [0.1, 0.15) is 0 Å². The molecule has 0 amide bonds. The second-order valence-corrected chi connectivity index (χ2v) is 4.47. The number of rotatable bonds is 1. The molecule has 0 fully saturated rings. The van der Waals surface area contributed by atoms with Crippen molar-refractivity contribution in [3.8, 4) is 0 Å². The number of fused-ring (bicyclic) bond motifs is 2. The minimum Gasteiger partial charge on any atom is -0.298 e. The van der Waals surface area contributed by atoms with Gasteiger partial charge >= 0.3 is 0 Å². The quantitative estimate of drug-likeness (QED) is 0.658. The Kier molecular flexibility index (Phi) is 2.24. The summed E-state index contributed by atoms with van der Waals surface area (Å²) in [6, 6.07) is 10.4. The summed E-state index contributed by atoms with van der Waals surface area (Å²) in [5.41, 5.74) is 3.60. The smallest absolute Gasteiger partial charge is 0.150 e. The Bertz CT molecular complexity index is 555. The fraction of sp³-hybridized carbons (Fsp3) is 0.267. The third-order valence-corrected chi connectivity index (χ3v) is 3.53. The Morgan fingerprint density at radius 2 is 1.88 bits per heavy atom. The van der Waals surface area contributed by atoms with Crippen LogP contribution in [0.2, 0.25) is 0 Å². The zero-order valence-electron chi connectivity index (χ0n) is 9.20. The average Bonchev–Trinajstić information content (AvgIpc) is 2.36. The number of aldehydes is 1. The highest BCUT2D eigenvalue weighted by Gasteiger charge is 2.15. The number of carbonyl (C=O) groups is 1. The van der Waals surface area contributed by atoms with Crippen LogP contribution in [0.5, 0.6) is 0 Å². The highest BCUT2D eigenvalue weighted by molar-refractivity contribution is 6.00. The summed E-state index contributed by atoms with van der Waals surface area (Å²) in [6.45, 7) is 0. The molecule has 0 bridgehead atoms. The van der Waals surface area contributed by atoms with Gasteiger partial charge < -0.3 is 0 Å². The Morgan fingerprint density at radius 3 is 2.75 bits per heavy atom. The first-order valence-corrected chi connectivity index (χ1v) is 5.89. The highest BCUT2D eigenvalue weighted by atomic mass is 16.1. The lowest BCUT2D eigenvalue weighted by Gasteiger charge is -2.19. The molecule has 0 unspecified atom stereocenters. The van der Waals surface area contributed by atoms with Crippen LogP contribution in [0.25, 0.3) is 10.8 Å². The monoisotopic (exact) mass is 210 g/mol. The predicted octanol–water partition coefficient (Wildman–Crippen LogP) is 3.53. The molecular formula is C15H14O. The van der Waals surface area contributed by atoms with E-state index in [4.69, 9.17) is 0 Å². The van der Waals surface area contributed by atoms with Gasteiger partial charge in [0.2, 0.25) is 0 Å². The Balaban J connectivity index is 2.39. The van der Waals surface area contributed by atoms with Gasteiger partial charge in [0.25, 0.3) is 0 Å². The topological polar surface area (TPSA) is 17.1 Å². The third-order valence-electron chi connectivity index (χ3n) is 3.53. The summed E-state index contributed by atoms with van der Waals surface area (Å²) >= 11 is 0. The minimum absolute atomic E-state index is 0.924. The second-order valence-electron chi connectivity index (χ2n) is 4.47. The molecule has 2 aromatic carbocycles. The van der Waals surface area contributed by atoms with Crippen LogP contribution < -0.4 is 0 Å². The van der Waals surface area contributed by atoms with Crippen molar-refractivity contribution in [2.45, 2.75) is 25.7 Å². The largest absolute Gasteiger partial charge is 0.298 e. The van der Waals surface area contributed by atoms with Crippen LogP contribution in [-0.2, 0) is 12.8 Å². The van der Waals surface area contributed by atoms with Gasteiger partial charge in [0, 0.05) is 5.56 Å².